The predicted octanol–water partition coefficient (Wildman–Crippen LogP) is 2.34. The van der Waals surface area contributed by atoms with E-state index in [9.17, 15) is 4.79 Å². The molecule has 0 bridgehead atoms. The van der Waals surface area contributed by atoms with Crippen molar-refractivity contribution in [1.82, 2.24) is 9.88 Å². The van der Waals surface area contributed by atoms with Crippen LogP contribution in [0.5, 0.6) is 5.75 Å². The molecular weight excluding hydrogens is 240 g/mol. The Morgan fingerprint density at radius 2 is 2.16 bits per heavy atom. The Hall–Kier alpha value is -1.97. The van der Waals surface area contributed by atoms with Gasteiger partial charge in [0.25, 0.3) is 0 Å². The van der Waals surface area contributed by atoms with Gasteiger partial charge in [-0.1, -0.05) is 12.1 Å². The van der Waals surface area contributed by atoms with Gasteiger partial charge in [0.1, 0.15) is 5.75 Å². The molecule has 1 aliphatic heterocycles. The molecule has 2 heterocycles. The number of aromatic nitrogens is 1. The van der Waals surface area contributed by atoms with Crippen LogP contribution in [0.3, 0.4) is 0 Å². The van der Waals surface area contributed by atoms with Crippen molar-refractivity contribution in [2.24, 2.45) is 0 Å². The van der Waals surface area contributed by atoms with Crippen LogP contribution >= 0.6 is 0 Å². The van der Waals surface area contributed by atoms with E-state index in [4.69, 9.17) is 4.74 Å². The lowest BCUT2D eigenvalue weighted by molar-refractivity contribution is -0.129. The fraction of sp³-hybridized carbons (Fsp3) is 0.400. The number of ether oxygens (including phenoxy) is 1. The normalized spacial score (nSPS) is 15.1. The van der Waals surface area contributed by atoms with Crippen molar-refractivity contribution >= 4 is 16.8 Å². The van der Waals surface area contributed by atoms with Gasteiger partial charge in [0.2, 0.25) is 5.91 Å². The summed E-state index contributed by atoms with van der Waals surface area (Å²) < 4.78 is 5.32. The summed E-state index contributed by atoms with van der Waals surface area (Å²) in [6.07, 6.45) is 4.65. The highest BCUT2D eigenvalue weighted by Gasteiger charge is 2.19. The first-order chi connectivity index (χ1) is 9.29. The van der Waals surface area contributed by atoms with Gasteiger partial charge >= 0.3 is 0 Å². The lowest BCUT2D eigenvalue weighted by atomic mass is 10.1. The zero-order valence-corrected chi connectivity index (χ0v) is 11.1. The van der Waals surface area contributed by atoms with E-state index in [1.807, 2.05) is 29.3 Å². The molecule has 0 saturated carbocycles. The molecule has 4 nitrogen and oxygen atoms in total. The van der Waals surface area contributed by atoms with Crippen LogP contribution in [-0.4, -0.2) is 36.0 Å². The lowest BCUT2D eigenvalue weighted by Crippen LogP contribution is -2.28. The highest BCUT2D eigenvalue weighted by atomic mass is 16.5. The van der Waals surface area contributed by atoms with Crippen molar-refractivity contribution in [3.63, 3.8) is 0 Å². The summed E-state index contributed by atoms with van der Waals surface area (Å²) >= 11 is 0. The minimum Gasteiger partial charge on any atom is -0.495 e. The standard InChI is InChI=1S/C15H18N2O2/c1-19-13-6-4-5-12-11(10-16-15(12)13)9-14(18)17-7-2-3-8-17/h4-6,10,16H,2-3,7-9H2,1H3. The van der Waals surface area contributed by atoms with Crippen molar-refractivity contribution in [2.45, 2.75) is 19.3 Å². The van der Waals surface area contributed by atoms with E-state index in [1.165, 1.54) is 0 Å². The molecular formula is C15H18N2O2. The average Bonchev–Trinajstić information content (AvgIpc) is 3.08. The van der Waals surface area contributed by atoms with Crippen LogP contribution in [0.15, 0.2) is 24.4 Å². The summed E-state index contributed by atoms with van der Waals surface area (Å²) in [5, 5.41) is 1.08. The van der Waals surface area contributed by atoms with Crippen molar-refractivity contribution in [1.29, 1.82) is 0 Å². The van der Waals surface area contributed by atoms with Crippen LogP contribution in [0.25, 0.3) is 10.9 Å². The Kier molecular flexibility index (Phi) is 3.15. The van der Waals surface area contributed by atoms with Gasteiger partial charge < -0.3 is 14.6 Å². The summed E-state index contributed by atoms with van der Waals surface area (Å²) in [5.41, 5.74) is 2.01. The highest BCUT2D eigenvalue weighted by molar-refractivity contribution is 5.92. The summed E-state index contributed by atoms with van der Waals surface area (Å²) in [6.45, 7) is 1.81. The smallest absolute Gasteiger partial charge is 0.227 e. The summed E-state index contributed by atoms with van der Waals surface area (Å²) in [4.78, 5) is 17.4. The van der Waals surface area contributed by atoms with E-state index in [-0.39, 0.29) is 5.91 Å². The number of H-pyrrole nitrogens is 1. The number of para-hydroxylation sites is 1. The van der Waals surface area contributed by atoms with Crippen LogP contribution in [0.4, 0.5) is 0 Å². The number of benzene rings is 1. The number of nitrogens with one attached hydrogen (secondary N) is 1. The quantitative estimate of drug-likeness (QED) is 0.918. The van der Waals surface area contributed by atoms with E-state index >= 15 is 0 Å². The van der Waals surface area contributed by atoms with Crippen molar-refractivity contribution in [3.05, 3.63) is 30.0 Å². The van der Waals surface area contributed by atoms with Crippen LogP contribution in [0.2, 0.25) is 0 Å². The third-order valence-corrected chi connectivity index (χ3v) is 3.78. The average molecular weight is 258 g/mol. The van der Waals surface area contributed by atoms with Gasteiger partial charge in [-0.25, -0.2) is 0 Å². The van der Waals surface area contributed by atoms with E-state index in [1.54, 1.807) is 7.11 Å². The zero-order valence-electron chi connectivity index (χ0n) is 11.1. The Morgan fingerprint density at radius 1 is 1.37 bits per heavy atom. The van der Waals surface area contributed by atoms with E-state index in [0.717, 1.165) is 48.1 Å². The van der Waals surface area contributed by atoms with Crippen molar-refractivity contribution < 1.29 is 9.53 Å². The number of rotatable bonds is 3. The molecule has 1 N–H and O–H groups in total. The van der Waals surface area contributed by atoms with Gasteiger partial charge in [0.15, 0.2) is 0 Å². The van der Waals surface area contributed by atoms with Gasteiger partial charge in [-0.3, -0.25) is 4.79 Å². The lowest BCUT2D eigenvalue weighted by Gasteiger charge is -2.14. The molecule has 19 heavy (non-hydrogen) atoms. The van der Waals surface area contributed by atoms with Gasteiger partial charge in [-0.15, -0.1) is 0 Å². The summed E-state index contributed by atoms with van der Waals surface area (Å²) in [5.74, 6) is 1.04. The molecule has 1 fully saturated rings. The molecule has 0 aliphatic carbocycles. The number of likely N-dealkylation sites (tertiary alicyclic amines) is 1. The summed E-state index contributed by atoms with van der Waals surface area (Å²) in [7, 11) is 1.66. The number of carbonyl (C=O) groups is 1. The molecule has 1 saturated heterocycles. The minimum atomic E-state index is 0.223. The molecule has 0 unspecified atom stereocenters. The number of fused-ring (bicyclic) bond motifs is 1. The Labute approximate surface area is 112 Å². The number of carbonyl (C=O) groups excluding carboxylic acids is 1. The molecule has 2 aromatic rings. The van der Waals surface area contributed by atoms with E-state index < -0.39 is 0 Å². The van der Waals surface area contributed by atoms with Crippen molar-refractivity contribution in [2.75, 3.05) is 20.2 Å². The number of hydrogen-bond donors (Lipinski definition) is 1. The SMILES string of the molecule is COc1cccc2c(CC(=O)N3CCCC3)c[nH]c12. The minimum absolute atomic E-state index is 0.223. The number of hydrogen-bond acceptors (Lipinski definition) is 2. The molecule has 0 atom stereocenters. The van der Waals surface area contributed by atoms with Crippen molar-refractivity contribution in [3.8, 4) is 5.75 Å². The molecule has 3 rings (SSSR count). The number of methoxy groups -OCH3 is 1. The molecule has 1 aromatic heterocycles. The second-order valence-electron chi connectivity index (χ2n) is 4.96. The Bertz CT molecular complexity index is 597. The second kappa shape index (κ2) is 4.96. The van der Waals surface area contributed by atoms with Crippen LogP contribution in [0, 0.1) is 0 Å². The maximum absolute atomic E-state index is 12.2. The molecule has 1 aliphatic rings. The number of nitrogens with zero attached hydrogens (tertiary/aromatic N) is 1. The maximum atomic E-state index is 12.2. The number of amides is 1. The zero-order chi connectivity index (χ0) is 13.2. The van der Waals surface area contributed by atoms with Gasteiger partial charge in [0.05, 0.1) is 19.0 Å². The van der Waals surface area contributed by atoms with Crippen LogP contribution < -0.4 is 4.74 Å². The summed E-state index contributed by atoms with van der Waals surface area (Å²) in [6, 6.07) is 5.91. The first-order valence-electron chi connectivity index (χ1n) is 6.70. The molecule has 0 radical (unpaired) electrons. The third-order valence-electron chi connectivity index (χ3n) is 3.78. The highest BCUT2D eigenvalue weighted by Crippen LogP contribution is 2.27. The van der Waals surface area contributed by atoms with E-state index in [0.29, 0.717) is 6.42 Å². The molecule has 100 valence electrons. The van der Waals surface area contributed by atoms with Crippen LogP contribution in [0.1, 0.15) is 18.4 Å². The largest absolute Gasteiger partial charge is 0.495 e. The second-order valence-corrected chi connectivity index (χ2v) is 4.96. The number of aromatic amines is 1. The fourth-order valence-electron chi connectivity index (χ4n) is 2.74. The molecule has 4 heteroatoms. The van der Waals surface area contributed by atoms with Crippen LogP contribution in [-0.2, 0) is 11.2 Å². The first kappa shape index (κ1) is 12.1. The third kappa shape index (κ3) is 2.18. The van der Waals surface area contributed by atoms with Gasteiger partial charge in [0, 0.05) is 24.7 Å². The Morgan fingerprint density at radius 3 is 2.89 bits per heavy atom. The fourth-order valence-corrected chi connectivity index (χ4v) is 2.74. The predicted molar refractivity (Wildman–Crippen MR) is 74.4 cm³/mol. The molecule has 1 aromatic carbocycles. The first-order valence-corrected chi connectivity index (χ1v) is 6.70. The Balaban J connectivity index is 1.87. The monoisotopic (exact) mass is 258 g/mol. The molecule has 1 amide bonds. The van der Waals surface area contributed by atoms with Gasteiger partial charge in [-0.2, -0.15) is 0 Å². The van der Waals surface area contributed by atoms with Gasteiger partial charge in [-0.05, 0) is 24.5 Å². The maximum Gasteiger partial charge on any atom is 0.227 e. The molecule has 0 spiro atoms. The van der Waals surface area contributed by atoms with E-state index in [2.05, 4.69) is 4.98 Å². The topological polar surface area (TPSA) is 45.3 Å².